The molecule has 0 aliphatic carbocycles. The SMILES string of the molecule is Cc1cc(C(=O)c2cc3c(cc2F)NC(=O)CC3)c(C)o1. The van der Waals surface area contributed by atoms with E-state index in [9.17, 15) is 14.0 Å². The number of nitrogens with one attached hydrogen (secondary N) is 1. The third-order valence-electron chi connectivity index (χ3n) is 3.62. The largest absolute Gasteiger partial charge is 0.466 e. The number of benzene rings is 1. The summed E-state index contributed by atoms with van der Waals surface area (Å²) in [6.45, 7) is 3.42. The van der Waals surface area contributed by atoms with Gasteiger partial charge in [-0.3, -0.25) is 9.59 Å². The molecule has 1 aromatic carbocycles. The minimum atomic E-state index is -0.640. The Hall–Kier alpha value is -2.43. The lowest BCUT2D eigenvalue weighted by atomic mass is 9.96. The number of hydrogen-bond donors (Lipinski definition) is 1. The van der Waals surface area contributed by atoms with Gasteiger partial charge in [-0.05, 0) is 44.0 Å². The minimum absolute atomic E-state index is 0.00815. The lowest BCUT2D eigenvalue weighted by molar-refractivity contribution is -0.116. The average molecular weight is 287 g/mol. The number of fused-ring (bicyclic) bond motifs is 1. The summed E-state index contributed by atoms with van der Waals surface area (Å²) in [4.78, 5) is 23.8. The lowest BCUT2D eigenvalue weighted by Gasteiger charge is -2.17. The highest BCUT2D eigenvalue weighted by molar-refractivity contribution is 6.10. The number of aryl methyl sites for hydroxylation is 3. The van der Waals surface area contributed by atoms with Gasteiger partial charge in [0.2, 0.25) is 5.91 Å². The van der Waals surface area contributed by atoms with Crippen molar-refractivity contribution in [1.29, 1.82) is 0 Å². The maximum absolute atomic E-state index is 14.2. The molecule has 5 heteroatoms. The molecule has 0 fully saturated rings. The molecule has 2 aromatic rings. The van der Waals surface area contributed by atoms with Gasteiger partial charge in [-0.15, -0.1) is 0 Å². The summed E-state index contributed by atoms with van der Waals surface area (Å²) < 4.78 is 19.5. The van der Waals surface area contributed by atoms with Crippen molar-refractivity contribution in [3.05, 3.63) is 52.2 Å². The molecular formula is C16H14FNO3. The standard InChI is InChI=1S/C16H14FNO3/c1-8-5-11(9(2)21-8)16(20)12-6-10-3-4-15(19)18-14(10)7-13(12)17/h5-7H,3-4H2,1-2H3,(H,18,19). The second-order valence-corrected chi connectivity index (χ2v) is 5.19. The molecule has 108 valence electrons. The van der Waals surface area contributed by atoms with Crippen molar-refractivity contribution in [1.82, 2.24) is 0 Å². The summed E-state index contributed by atoms with van der Waals surface area (Å²) in [6.07, 6.45) is 0.848. The number of carbonyl (C=O) groups excluding carboxylic acids is 2. The fraction of sp³-hybridized carbons (Fsp3) is 0.250. The van der Waals surface area contributed by atoms with Crippen LogP contribution < -0.4 is 5.32 Å². The third kappa shape index (κ3) is 2.35. The molecule has 0 radical (unpaired) electrons. The van der Waals surface area contributed by atoms with E-state index < -0.39 is 11.6 Å². The minimum Gasteiger partial charge on any atom is -0.466 e. The zero-order valence-electron chi connectivity index (χ0n) is 11.7. The summed E-state index contributed by atoms with van der Waals surface area (Å²) in [7, 11) is 0. The zero-order valence-corrected chi connectivity index (χ0v) is 11.7. The zero-order chi connectivity index (χ0) is 15.1. The Morgan fingerprint density at radius 1 is 1.19 bits per heavy atom. The van der Waals surface area contributed by atoms with E-state index in [1.165, 1.54) is 12.1 Å². The van der Waals surface area contributed by atoms with E-state index in [1.807, 2.05) is 0 Å². The highest BCUT2D eigenvalue weighted by atomic mass is 19.1. The molecule has 21 heavy (non-hydrogen) atoms. The van der Waals surface area contributed by atoms with Gasteiger partial charge in [-0.25, -0.2) is 4.39 Å². The Morgan fingerprint density at radius 3 is 2.62 bits per heavy atom. The third-order valence-corrected chi connectivity index (χ3v) is 3.62. The maximum Gasteiger partial charge on any atom is 0.224 e. The first kappa shape index (κ1) is 13.5. The van der Waals surface area contributed by atoms with Crippen molar-refractivity contribution in [2.45, 2.75) is 26.7 Å². The first-order valence-corrected chi connectivity index (χ1v) is 6.69. The fourth-order valence-electron chi connectivity index (χ4n) is 2.58. The number of furan rings is 1. The summed E-state index contributed by atoms with van der Waals surface area (Å²) in [5, 5.41) is 2.61. The van der Waals surface area contributed by atoms with Crippen LogP contribution in [0.1, 0.15) is 39.4 Å². The summed E-state index contributed by atoms with van der Waals surface area (Å²) in [6, 6.07) is 4.34. The van der Waals surface area contributed by atoms with Gasteiger partial charge in [-0.1, -0.05) is 0 Å². The summed E-state index contributed by atoms with van der Waals surface area (Å²) in [5.41, 5.74) is 1.60. The van der Waals surface area contributed by atoms with Crippen LogP contribution in [0, 0.1) is 19.7 Å². The smallest absolute Gasteiger partial charge is 0.224 e. The number of amides is 1. The van der Waals surface area contributed by atoms with Gasteiger partial charge in [0, 0.05) is 12.1 Å². The Morgan fingerprint density at radius 2 is 1.95 bits per heavy atom. The van der Waals surface area contributed by atoms with Crippen LogP contribution in [0.4, 0.5) is 10.1 Å². The van der Waals surface area contributed by atoms with E-state index in [4.69, 9.17) is 4.42 Å². The van der Waals surface area contributed by atoms with Crippen LogP contribution in [-0.2, 0) is 11.2 Å². The summed E-state index contributed by atoms with van der Waals surface area (Å²) in [5.74, 6) is -0.0903. The van der Waals surface area contributed by atoms with Crippen LogP contribution in [0.15, 0.2) is 22.6 Å². The van der Waals surface area contributed by atoms with Gasteiger partial charge in [0.1, 0.15) is 17.3 Å². The Bertz CT molecular complexity index is 761. The summed E-state index contributed by atoms with van der Waals surface area (Å²) >= 11 is 0. The second-order valence-electron chi connectivity index (χ2n) is 5.19. The molecule has 2 heterocycles. The van der Waals surface area contributed by atoms with E-state index in [2.05, 4.69) is 5.32 Å². The fourth-order valence-corrected chi connectivity index (χ4v) is 2.58. The molecule has 0 spiro atoms. The molecule has 1 amide bonds. The van der Waals surface area contributed by atoms with E-state index >= 15 is 0 Å². The highest BCUT2D eigenvalue weighted by Crippen LogP contribution is 2.28. The van der Waals surface area contributed by atoms with Crippen LogP contribution >= 0.6 is 0 Å². The Balaban J connectivity index is 2.05. The van der Waals surface area contributed by atoms with Gasteiger partial charge < -0.3 is 9.73 Å². The van der Waals surface area contributed by atoms with Crippen molar-refractivity contribution >= 4 is 17.4 Å². The molecule has 0 unspecified atom stereocenters. The molecule has 0 bridgehead atoms. The number of rotatable bonds is 2. The van der Waals surface area contributed by atoms with Crippen molar-refractivity contribution in [2.75, 3.05) is 5.32 Å². The monoisotopic (exact) mass is 287 g/mol. The van der Waals surface area contributed by atoms with Gasteiger partial charge in [-0.2, -0.15) is 0 Å². The molecule has 3 rings (SSSR count). The molecule has 1 aromatic heterocycles. The molecule has 4 nitrogen and oxygen atoms in total. The van der Waals surface area contributed by atoms with Crippen molar-refractivity contribution in [3.63, 3.8) is 0 Å². The van der Waals surface area contributed by atoms with Gasteiger partial charge in [0.15, 0.2) is 5.78 Å². The van der Waals surface area contributed by atoms with Gasteiger partial charge in [0.05, 0.1) is 11.1 Å². The molecule has 1 N–H and O–H groups in total. The number of hydrogen-bond acceptors (Lipinski definition) is 3. The Kier molecular flexibility index (Phi) is 3.12. The molecule has 0 saturated carbocycles. The van der Waals surface area contributed by atoms with Crippen molar-refractivity contribution in [3.8, 4) is 0 Å². The second kappa shape index (κ2) is 4.84. The van der Waals surface area contributed by atoms with E-state index in [1.54, 1.807) is 19.9 Å². The van der Waals surface area contributed by atoms with Gasteiger partial charge in [0.25, 0.3) is 0 Å². The highest BCUT2D eigenvalue weighted by Gasteiger charge is 2.23. The molecule has 0 atom stereocenters. The first-order chi connectivity index (χ1) is 9.95. The number of anilines is 1. The van der Waals surface area contributed by atoms with E-state index in [0.717, 1.165) is 5.56 Å². The van der Waals surface area contributed by atoms with E-state index in [0.29, 0.717) is 35.6 Å². The number of ketones is 1. The topological polar surface area (TPSA) is 59.3 Å². The normalized spacial score (nSPS) is 13.8. The number of halogens is 1. The van der Waals surface area contributed by atoms with Crippen LogP contribution in [0.3, 0.4) is 0 Å². The molecule has 1 aliphatic heterocycles. The molecule has 0 saturated heterocycles. The van der Waals surface area contributed by atoms with Crippen LogP contribution in [0.25, 0.3) is 0 Å². The number of carbonyl (C=O) groups is 2. The van der Waals surface area contributed by atoms with Crippen molar-refractivity contribution in [2.24, 2.45) is 0 Å². The maximum atomic E-state index is 14.2. The lowest BCUT2D eigenvalue weighted by Crippen LogP contribution is -2.20. The van der Waals surface area contributed by atoms with Crippen LogP contribution in [0.2, 0.25) is 0 Å². The molecule has 1 aliphatic rings. The van der Waals surface area contributed by atoms with Crippen LogP contribution in [-0.4, -0.2) is 11.7 Å². The van der Waals surface area contributed by atoms with Gasteiger partial charge >= 0.3 is 0 Å². The Labute approximate surface area is 121 Å². The first-order valence-electron chi connectivity index (χ1n) is 6.69. The van der Waals surface area contributed by atoms with Crippen molar-refractivity contribution < 1.29 is 18.4 Å². The predicted octanol–water partition coefficient (Wildman–Crippen LogP) is 3.15. The average Bonchev–Trinajstić information content (AvgIpc) is 2.76. The predicted molar refractivity (Wildman–Crippen MR) is 75.0 cm³/mol. The van der Waals surface area contributed by atoms with E-state index in [-0.39, 0.29) is 11.5 Å². The van der Waals surface area contributed by atoms with Crippen LogP contribution in [0.5, 0.6) is 0 Å². The quantitative estimate of drug-likeness (QED) is 0.863. The molecular weight excluding hydrogens is 273 g/mol.